The molecule has 1 saturated carbocycles. The first-order valence-corrected chi connectivity index (χ1v) is 12.4. The monoisotopic (exact) mass is 534 g/mol. The van der Waals surface area contributed by atoms with Crippen LogP contribution >= 0.6 is 0 Å². The third kappa shape index (κ3) is 3.26. The number of ketones is 2. The zero-order chi connectivity index (χ0) is 28.0. The average Bonchev–Trinajstić information content (AvgIpc) is 3.34. The van der Waals surface area contributed by atoms with E-state index in [1.807, 2.05) is 6.07 Å². The van der Waals surface area contributed by atoms with Crippen molar-refractivity contribution in [3.05, 3.63) is 58.4 Å². The highest BCUT2D eigenvalue weighted by molar-refractivity contribution is 6.24. The molecule has 0 unspecified atom stereocenters. The second-order valence-electron chi connectivity index (χ2n) is 10.5. The summed E-state index contributed by atoms with van der Waals surface area (Å²) >= 11 is 0. The van der Waals surface area contributed by atoms with E-state index in [0.29, 0.717) is 22.6 Å². The van der Waals surface area contributed by atoms with E-state index in [1.54, 1.807) is 32.3 Å². The minimum absolute atomic E-state index is 0.0159. The van der Waals surface area contributed by atoms with Gasteiger partial charge in [-0.1, -0.05) is 12.1 Å². The van der Waals surface area contributed by atoms with Crippen molar-refractivity contribution in [2.45, 2.75) is 24.5 Å². The Kier molecular flexibility index (Phi) is 5.33. The third-order valence-corrected chi connectivity index (χ3v) is 8.29. The van der Waals surface area contributed by atoms with Crippen LogP contribution in [-0.2, 0) is 20.8 Å². The minimum Gasteiger partial charge on any atom is -0.508 e. The Balaban J connectivity index is 1.54. The summed E-state index contributed by atoms with van der Waals surface area (Å²) in [6.45, 7) is 0.0956. The molecule has 0 bridgehead atoms. The van der Waals surface area contributed by atoms with Crippen molar-refractivity contribution in [3.8, 4) is 28.4 Å². The van der Waals surface area contributed by atoms with Gasteiger partial charge in [0.05, 0.1) is 11.6 Å². The Labute approximate surface area is 222 Å². The Morgan fingerprint density at radius 2 is 1.79 bits per heavy atom. The maximum Gasteiger partial charge on any atom is 0.255 e. The number of phenolic OH excluding ortho intramolecular Hbond substituents is 1. The number of nitrogens with two attached hydrogens (primary N) is 1. The quantitative estimate of drug-likeness (QED) is 0.361. The lowest BCUT2D eigenvalue weighted by molar-refractivity contribution is -0.153. The smallest absolute Gasteiger partial charge is 0.255 e. The molecule has 39 heavy (non-hydrogen) atoms. The number of carbonyl (C=O) groups is 3. The van der Waals surface area contributed by atoms with Gasteiger partial charge >= 0.3 is 0 Å². The van der Waals surface area contributed by atoms with Gasteiger partial charge in [-0.3, -0.25) is 19.3 Å². The number of phenols is 1. The zero-order valence-corrected chi connectivity index (χ0v) is 21.1. The molecule has 3 aliphatic carbocycles. The molecule has 1 amide bonds. The van der Waals surface area contributed by atoms with E-state index in [1.165, 1.54) is 11.0 Å². The highest BCUT2D eigenvalue weighted by Crippen LogP contribution is 2.54. The molecular formula is C28H26N2O9. The van der Waals surface area contributed by atoms with Gasteiger partial charge in [0, 0.05) is 11.5 Å². The summed E-state index contributed by atoms with van der Waals surface area (Å²) in [6.07, 6.45) is 0.203. The third-order valence-electron chi connectivity index (χ3n) is 8.29. The summed E-state index contributed by atoms with van der Waals surface area (Å²) in [5, 5.41) is 44.8. The fourth-order valence-electron chi connectivity index (χ4n) is 6.58. The van der Waals surface area contributed by atoms with Crippen molar-refractivity contribution in [2.75, 3.05) is 20.9 Å². The van der Waals surface area contributed by atoms with Crippen LogP contribution in [0.5, 0.6) is 17.2 Å². The van der Waals surface area contributed by atoms with Gasteiger partial charge in [-0.25, -0.2) is 0 Å². The van der Waals surface area contributed by atoms with Crippen LogP contribution in [-0.4, -0.2) is 75.3 Å². The SMILES string of the molecule is CN(C)[C@H]1C(=O)C(C(N)=O)=C(O)[C@@]2(O)C(=O)C3=C(O)c4c(O)ccc(-c5ccc6c(c5)OCO6)c4C[C@H]3C[C@@H]12. The topological polar surface area (TPSA) is 180 Å². The van der Waals surface area contributed by atoms with Gasteiger partial charge in [0.15, 0.2) is 22.9 Å². The average molecular weight is 535 g/mol. The molecular weight excluding hydrogens is 508 g/mol. The molecule has 4 aliphatic rings. The van der Waals surface area contributed by atoms with E-state index in [-0.39, 0.29) is 36.5 Å². The summed E-state index contributed by atoms with van der Waals surface area (Å²) in [7, 11) is 3.12. The number of rotatable bonds is 3. The summed E-state index contributed by atoms with van der Waals surface area (Å²) in [5.74, 6) is -5.70. The number of aliphatic hydroxyl groups is 3. The van der Waals surface area contributed by atoms with Crippen molar-refractivity contribution >= 4 is 23.2 Å². The molecule has 6 N–H and O–H groups in total. The normalized spacial score (nSPS) is 27.4. The Hall–Kier alpha value is -4.35. The number of amides is 1. The van der Waals surface area contributed by atoms with Crippen LogP contribution in [0.25, 0.3) is 16.9 Å². The van der Waals surface area contributed by atoms with Crippen LogP contribution in [0.4, 0.5) is 0 Å². The van der Waals surface area contributed by atoms with Crippen LogP contribution < -0.4 is 15.2 Å². The number of Topliss-reactive ketones (excluding diaryl/α,β-unsaturated/α-hetero) is 2. The first kappa shape index (κ1) is 25.0. The van der Waals surface area contributed by atoms with E-state index < -0.39 is 58.0 Å². The lowest BCUT2D eigenvalue weighted by atomic mass is 9.57. The van der Waals surface area contributed by atoms with Crippen LogP contribution in [0.2, 0.25) is 0 Å². The lowest BCUT2D eigenvalue weighted by Crippen LogP contribution is -2.65. The molecule has 4 atom stereocenters. The number of carbonyl (C=O) groups excluding carboxylic acids is 3. The molecule has 0 aromatic heterocycles. The lowest BCUT2D eigenvalue weighted by Gasteiger charge is -2.50. The van der Waals surface area contributed by atoms with Crippen molar-refractivity contribution in [1.29, 1.82) is 0 Å². The number of primary amides is 1. The van der Waals surface area contributed by atoms with Crippen LogP contribution in [0.3, 0.4) is 0 Å². The predicted octanol–water partition coefficient (Wildman–Crippen LogP) is 1.36. The Bertz CT molecular complexity index is 1560. The second kappa shape index (κ2) is 8.32. The molecule has 11 heteroatoms. The van der Waals surface area contributed by atoms with Crippen molar-refractivity contribution in [1.82, 2.24) is 4.90 Å². The van der Waals surface area contributed by atoms with E-state index in [4.69, 9.17) is 15.2 Å². The number of aliphatic hydroxyl groups excluding tert-OH is 2. The summed E-state index contributed by atoms with van der Waals surface area (Å²) in [5.41, 5.74) is 3.66. The molecule has 202 valence electrons. The predicted molar refractivity (Wildman–Crippen MR) is 136 cm³/mol. The molecule has 6 rings (SSSR count). The largest absolute Gasteiger partial charge is 0.508 e. The Morgan fingerprint density at radius 3 is 2.49 bits per heavy atom. The van der Waals surface area contributed by atoms with Crippen LogP contribution in [0.1, 0.15) is 17.5 Å². The van der Waals surface area contributed by atoms with Crippen LogP contribution in [0.15, 0.2) is 47.2 Å². The number of hydrogen-bond acceptors (Lipinski definition) is 10. The summed E-state index contributed by atoms with van der Waals surface area (Å²) < 4.78 is 10.9. The molecule has 2 aromatic carbocycles. The fourth-order valence-corrected chi connectivity index (χ4v) is 6.58. The number of hydrogen-bond donors (Lipinski definition) is 5. The molecule has 2 aromatic rings. The minimum atomic E-state index is -2.67. The number of nitrogens with zero attached hydrogens (tertiary/aromatic N) is 1. The number of benzene rings is 2. The van der Waals surface area contributed by atoms with Gasteiger partial charge in [0.1, 0.15) is 22.8 Å². The fraction of sp³-hybridized carbons (Fsp3) is 0.321. The van der Waals surface area contributed by atoms with E-state index in [9.17, 15) is 34.8 Å². The maximum absolute atomic E-state index is 13.9. The first-order chi connectivity index (χ1) is 18.5. The number of fused-ring (bicyclic) bond motifs is 4. The highest BCUT2D eigenvalue weighted by atomic mass is 16.7. The van der Waals surface area contributed by atoms with Gasteiger partial charge in [-0.05, 0) is 67.7 Å². The van der Waals surface area contributed by atoms with Gasteiger partial charge < -0.3 is 35.6 Å². The number of likely N-dealkylation sites (N-methyl/N-ethyl adjacent to an activating group) is 1. The van der Waals surface area contributed by atoms with Gasteiger partial charge in [-0.15, -0.1) is 0 Å². The number of ether oxygens (including phenoxy) is 2. The summed E-state index contributed by atoms with van der Waals surface area (Å²) in [6, 6.07) is 7.31. The molecule has 0 radical (unpaired) electrons. The van der Waals surface area contributed by atoms with Crippen molar-refractivity contribution in [2.24, 2.45) is 17.6 Å². The zero-order valence-electron chi connectivity index (χ0n) is 21.1. The first-order valence-electron chi connectivity index (χ1n) is 12.4. The van der Waals surface area contributed by atoms with Crippen LogP contribution in [0, 0.1) is 11.8 Å². The van der Waals surface area contributed by atoms with Crippen molar-refractivity contribution in [3.63, 3.8) is 0 Å². The molecule has 1 heterocycles. The molecule has 1 aliphatic heterocycles. The van der Waals surface area contributed by atoms with E-state index in [0.717, 1.165) is 5.56 Å². The molecule has 11 nitrogen and oxygen atoms in total. The van der Waals surface area contributed by atoms with Gasteiger partial charge in [0.25, 0.3) is 5.91 Å². The Morgan fingerprint density at radius 1 is 1.08 bits per heavy atom. The second-order valence-corrected chi connectivity index (χ2v) is 10.5. The standard InChI is InChI=1S/C28H26N2O9/c1-30(2)22-15-8-12-7-14-13(11-3-6-17-18(9-11)39-10-38-17)4-5-16(31)20(14)23(32)19(12)25(34)28(15,37)26(35)21(24(22)33)27(29)36/h3-6,9,12,15,22,31-32,35,37H,7-8,10H2,1-2H3,(H2,29,36)/t12-,15-,22+,28-/m0/s1. The van der Waals surface area contributed by atoms with Gasteiger partial charge in [0.2, 0.25) is 12.6 Å². The number of aromatic hydroxyl groups is 1. The molecule has 0 spiro atoms. The highest BCUT2D eigenvalue weighted by Gasteiger charge is 2.64. The molecule has 1 fully saturated rings. The van der Waals surface area contributed by atoms with E-state index in [2.05, 4.69) is 0 Å². The van der Waals surface area contributed by atoms with Gasteiger partial charge in [-0.2, -0.15) is 0 Å². The van der Waals surface area contributed by atoms with Crippen molar-refractivity contribution < 1.29 is 44.3 Å². The van der Waals surface area contributed by atoms with E-state index >= 15 is 0 Å². The molecule has 0 saturated heterocycles. The maximum atomic E-state index is 13.9. The summed E-state index contributed by atoms with van der Waals surface area (Å²) in [4.78, 5) is 40.7.